The van der Waals surface area contributed by atoms with Crippen molar-refractivity contribution in [2.75, 3.05) is 19.8 Å². The molecule has 0 aromatic rings. The van der Waals surface area contributed by atoms with Crippen molar-refractivity contribution in [3.8, 4) is 0 Å². The Bertz CT molecular complexity index is 2750. The van der Waals surface area contributed by atoms with E-state index in [9.17, 15) is 99.5 Å². The highest BCUT2D eigenvalue weighted by Gasteiger charge is 2.64. The van der Waals surface area contributed by atoms with Gasteiger partial charge in [0.15, 0.2) is 37.7 Å². The number of aliphatic hydroxyl groups excluding tert-OH is 15. The van der Waals surface area contributed by atoms with Crippen LogP contribution in [0, 0.1) is 40.4 Å². The summed E-state index contributed by atoms with van der Waals surface area (Å²) < 4.78 is 112. The summed E-state index contributed by atoms with van der Waals surface area (Å²) >= 11 is 0. The van der Waals surface area contributed by atoms with Gasteiger partial charge in [0.05, 0.1) is 55.9 Å². The summed E-state index contributed by atoms with van der Waals surface area (Å²) in [6.07, 6.45) is -48.6. The summed E-state index contributed by atoms with van der Waals surface area (Å²) in [6, 6.07) is 0. The lowest BCUT2D eigenvalue weighted by molar-refractivity contribution is -0.402. The molecule has 17 N–H and O–H groups in total. The predicted octanol–water partition coefficient (Wildman–Crippen LogP) is -4.85. The minimum atomic E-state index is -4.92. The van der Waals surface area contributed by atoms with Gasteiger partial charge < -0.3 is 139 Å². The normalized spacial score (nSPS) is 51.6. The number of aliphatic hydroxyl groups is 16. The number of Topliss-reactive ketones (excluding diaryl/α,β-unsaturated/α-hetero) is 1. The third-order valence-electron chi connectivity index (χ3n) is 22.4. The summed E-state index contributed by atoms with van der Waals surface area (Å²) in [7, 11) is -4.92. The van der Waals surface area contributed by atoms with Crippen molar-refractivity contribution in [1.82, 2.24) is 0 Å². The molecule has 10 aliphatic rings. The van der Waals surface area contributed by atoms with Gasteiger partial charge in [-0.25, -0.2) is 4.18 Å². The molecule has 6 saturated heterocycles. The monoisotopic (exact) mass is 1410 g/mol. The van der Waals surface area contributed by atoms with Gasteiger partial charge >= 0.3 is 10.4 Å². The molecule has 0 radical (unpaired) electrons. The van der Waals surface area contributed by atoms with Crippen LogP contribution in [0.3, 0.4) is 0 Å². The van der Waals surface area contributed by atoms with Gasteiger partial charge in [0.25, 0.3) is 0 Å². The van der Waals surface area contributed by atoms with E-state index < -0.39 is 243 Å². The molecular weight excluding hydrogens is 1300 g/mol. The van der Waals surface area contributed by atoms with Crippen LogP contribution in [0.4, 0.5) is 0 Å². The zero-order valence-electron chi connectivity index (χ0n) is 54.9. The van der Waals surface area contributed by atoms with Crippen molar-refractivity contribution in [3.05, 3.63) is 11.6 Å². The first-order chi connectivity index (χ1) is 44.9. The van der Waals surface area contributed by atoms with Gasteiger partial charge in [-0.1, -0.05) is 39.3 Å². The van der Waals surface area contributed by atoms with E-state index in [1.54, 1.807) is 6.92 Å². The number of ether oxygens (including phenoxy) is 12. The van der Waals surface area contributed by atoms with E-state index in [4.69, 9.17) is 61.0 Å². The Hall–Kier alpha value is -1.84. The van der Waals surface area contributed by atoms with Gasteiger partial charge in [-0.2, -0.15) is 8.42 Å². The Morgan fingerprint density at radius 1 is 0.573 bits per heavy atom. The van der Waals surface area contributed by atoms with E-state index in [2.05, 4.69) is 19.9 Å². The zero-order valence-corrected chi connectivity index (χ0v) is 55.7. The van der Waals surface area contributed by atoms with Crippen LogP contribution < -0.4 is 0 Å². The number of carbonyl (C=O) groups is 1. The Kier molecular flexibility index (Phi) is 24.1. The summed E-state index contributed by atoms with van der Waals surface area (Å²) in [5, 5.41) is 179. The predicted molar refractivity (Wildman–Crippen MR) is 318 cm³/mol. The third kappa shape index (κ3) is 15.2. The van der Waals surface area contributed by atoms with Crippen LogP contribution in [-0.4, -0.2) is 316 Å². The van der Waals surface area contributed by atoms with Crippen molar-refractivity contribution in [2.45, 2.75) is 309 Å². The molecule has 33 nitrogen and oxygen atoms in total. The fraction of sp³-hybridized carbons (Fsp3) is 0.952. The summed E-state index contributed by atoms with van der Waals surface area (Å²) in [4.78, 5) is 13.3. The molecule has 0 unspecified atom stereocenters. The maximum Gasteiger partial charge on any atom is 0.397 e. The van der Waals surface area contributed by atoms with Crippen LogP contribution in [0.15, 0.2) is 11.6 Å². The van der Waals surface area contributed by atoms with E-state index in [1.165, 1.54) is 20.8 Å². The average molecular weight is 1410 g/mol. The SMILES string of the molecule is CC(C)CC(=O)C[C@](C)(O)[C@H]1CC[C@H]2[C@@H]3C[C@H](O[C@@H]4O[C@H](C)[C@@H](O)[C@H](O[C@@H]5OC[C@@H](O[C@@H]6O[C@H](CO)[C@H](O)[C@H](O)[C@H]6O[C@H]6O[C@H](C)[C@H](O)[C@H](O[C@@H]7O[C@H](CO)[C@H](O)[C@H](O)[C@H]7O)[C@H]6O)[C@H](O)[C@H]5O[C@H]5O[C@H](C)[C@@H](O)[C@H](O)[C@H]5O)[C@H]4O)[C@H]4C[C@@H](OS(=O)(=O)O)CC[C@]4(C)C3=CC[C@@]21C. The quantitative estimate of drug-likeness (QED) is 0.0379. The first-order valence-corrected chi connectivity index (χ1v) is 34.8. The maximum atomic E-state index is 13.3. The molecule has 6 aliphatic heterocycles. The lowest BCUT2D eigenvalue weighted by Gasteiger charge is -2.60. The second kappa shape index (κ2) is 30.1. The maximum absolute atomic E-state index is 13.3. The van der Waals surface area contributed by atoms with E-state index in [0.29, 0.717) is 38.5 Å². The smallest absolute Gasteiger partial charge is 0.394 e. The molecule has 0 spiro atoms. The Morgan fingerprint density at radius 2 is 1.06 bits per heavy atom. The first-order valence-electron chi connectivity index (χ1n) is 33.4. The van der Waals surface area contributed by atoms with Crippen LogP contribution in [0.2, 0.25) is 0 Å². The lowest BCUT2D eigenvalue weighted by atomic mass is 9.47. The highest BCUT2D eigenvalue weighted by atomic mass is 32.3. The second-order valence-corrected chi connectivity index (χ2v) is 30.5. The Labute approximate surface area is 555 Å². The molecule has 3 saturated carbocycles. The fourth-order valence-electron chi connectivity index (χ4n) is 17.2. The Balaban J connectivity index is 0.903. The van der Waals surface area contributed by atoms with Crippen molar-refractivity contribution >= 4 is 16.2 Å². The van der Waals surface area contributed by atoms with Crippen molar-refractivity contribution < 1.29 is 160 Å². The molecule has 96 heavy (non-hydrogen) atoms. The van der Waals surface area contributed by atoms with Crippen LogP contribution in [0.25, 0.3) is 0 Å². The second-order valence-electron chi connectivity index (χ2n) is 29.5. The number of fused-ring (bicyclic) bond motifs is 5. The van der Waals surface area contributed by atoms with Gasteiger partial charge in [0, 0.05) is 12.8 Å². The van der Waals surface area contributed by atoms with Crippen molar-refractivity contribution in [1.29, 1.82) is 0 Å². The average Bonchev–Trinajstić information content (AvgIpc) is 1.29. The number of hydrogen-bond acceptors (Lipinski definition) is 32. The highest BCUT2D eigenvalue weighted by Crippen LogP contribution is 2.67. The molecule has 0 bridgehead atoms. The number of rotatable bonds is 21. The van der Waals surface area contributed by atoms with Gasteiger partial charge in [0.1, 0.15) is 128 Å². The van der Waals surface area contributed by atoms with Gasteiger partial charge in [-0.15, -0.1) is 0 Å². The van der Waals surface area contributed by atoms with Gasteiger partial charge in [0.2, 0.25) is 0 Å². The summed E-state index contributed by atoms with van der Waals surface area (Å²) in [5.41, 5.74) is -1.36. The largest absolute Gasteiger partial charge is 0.397 e. The zero-order chi connectivity index (χ0) is 70.3. The van der Waals surface area contributed by atoms with Crippen molar-refractivity contribution in [3.63, 3.8) is 0 Å². The number of allylic oxidation sites excluding steroid dienone is 2. The number of hydrogen-bond donors (Lipinski definition) is 17. The fourth-order valence-corrected chi connectivity index (χ4v) is 17.8. The molecule has 0 amide bonds. The molecular formula is C62H102O33S. The first kappa shape index (κ1) is 76.8. The van der Waals surface area contributed by atoms with Crippen LogP contribution in [0.5, 0.6) is 0 Å². The van der Waals surface area contributed by atoms with Crippen LogP contribution in [-0.2, 0) is 76.2 Å². The van der Waals surface area contributed by atoms with Crippen molar-refractivity contribution in [2.24, 2.45) is 40.4 Å². The molecule has 38 atom stereocenters. The number of ketones is 1. The molecule has 6 heterocycles. The molecule has 9 fully saturated rings. The summed E-state index contributed by atoms with van der Waals surface area (Å²) in [5.74, 6) is -0.947. The van der Waals surface area contributed by atoms with E-state index in [0.717, 1.165) is 5.57 Å². The minimum absolute atomic E-state index is 0.00878. The minimum Gasteiger partial charge on any atom is -0.394 e. The molecule has 0 aromatic carbocycles. The molecule has 10 rings (SSSR count). The standard InChI is InChI=1S/C62H102O33S/c1-22(2)15-26(65)18-62(8,79)36-10-9-29-28-17-32(31-16-27(95-96(80,81)82)11-13-60(31,6)30(28)12-14-61(29,36)7)87-56-48(77)51(39(68)24(4)85-56)92-58-52(93-54-46(75)43(72)37(66)23(3)84-54)42(71)35(21-83-58)90-59-53(45(74)41(70)34(20-64)89-59)94-57-49(78)50(38(67)25(5)86-57)91-55-47(76)44(73)40(69)33(19-63)88-55/h12,22-25,27-29,31-59,63-64,66-79H,9-11,13-21H2,1-8H3,(H,80,81,82)/t23-,24-,25-,27+,28+,29+,31-,32+,33-,34-,35-,36+,37-,38+,39-,40+,41+,42+,43+,44+,45+,46-,47-,48-,49-,50+,51+,52-,53-,54-,55+,56+,57-,58+,59+,60-,61+,62+/m1/s1. The van der Waals surface area contributed by atoms with Crippen LogP contribution >= 0.6 is 0 Å². The van der Waals surface area contributed by atoms with Gasteiger partial charge in [-0.05, 0) is 113 Å². The molecule has 34 heteroatoms. The molecule has 554 valence electrons. The third-order valence-corrected chi connectivity index (χ3v) is 22.9. The molecule has 0 aromatic heterocycles. The molecule has 4 aliphatic carbocycles. The van der Waals surface area contributed by atoms with E-state index in [1.807, 2.05) is 13.8 Å². The van der Waals surface area contributed by atoms with E-state index in [-0.39, 0.29) is 48.7 Å². The Morgan fingerprint density at radius 3 is 1.64 bits per heavy atom. The number of carbonyl (C=O) groups excluding carboxylic acids is 1. The van der Waals surface area contributed by atoms with E-state index >= 15 is 0 Å². The topological polar surface area (TPSA) is 515 Å². The summed E-state index contributed by atoms with van der Waals surface area (Å²) in [6.45, 7) is 11.4. The van der Waals surface area contributed by atoms with Gasteiger partial charge in [-0.3, -0.25) is 9.35 Å². The van der Waals surface area contributed by atoms with Crippen LogP contribution in [0.1, 0.15) is 113 Å². The lowest BCUT2D eigenvalue weighted by Crippen LogP contribution is -2.67. The highest BCUT2D eigenvalue weighted by molar-refractivity contribution is 7.80.